The highest BCUT2D eigenvalue weighted by Gasteiger charge is 2.10. The van der Waals surface area contributed by atoms with Gasteiger partial charge in [-0.1, -0.05) is 18.5 Å². The fraction of sp³-hybridized carbons (Fsp3) is 0.500. The Labute approximate surface area is 119 Å². The molecule has 1 aromatic rings. The van der Waals surface area contributed by atoms with Crippen LogP contribution in [-0.4, -0.2) is 18.1 Å². The van der Waals surface area contributed by atoms with Gasteiger partial charge >= 0.3 is 0 Å². The zero-order valence-corrected chi connectivity index (χ0v) is 12.3. The smallest absolute Gasteiger partial charge is 0.225 e. The Kier molecular flexibility index (Phi) is 6.12. The first-order valence-corrected chi connectivity index (χ1v) is 6.81. The third-order valence-corrected chi connectivity index (χ3v) is 2.85. The highest BCUT2D eigenvalue weighted by atomic mass is 35.5. The third-order valence-electron chi connectivity index (χ3n) is 2.55. The molecule has 0 aliphatic carbocycles. The predicted octanol–water partition coefficient (Wildman–Crippen LogP) is 3.19. The van der Waals surface area contributed by atoms with Gasteiger partial charge in [0.25, 0.3) is 0 Å². The Morgan fingerprint density at radius 2 is 2.16 bits per heavy atom. The van der Waals surface area contributed by atoms with E-state index in [2.05, 4.69) is 5.32 Å². The SMILES string of the molecule is CCC(N)CC(=O)Nc1ccc(OC(C)C)c(Cl)c1. The van der Waals surface area contributed by atoms with Gasteiger partial charge in [0.2, 0.25) is 5.91 Å². The number of nitrogens with two attached hydrogens (primary N) is 1. The minimum Gasteiger partial charge on any atom is -0.489 e. The number of anilines is 1. The maximum absolute atomic E-state index is 11.7. The van der Waals surface area contributed by atoms with Gasteiger partial charge in [-0.25, -0.2) is 0 Å². The van der Waals surface area contributed by atoms with Crippen LogP contribution < -0.4 is 15.8 Å². The van der Waals surface area contributed by atoms with Crippen LogP contribution in [0.4, 0.5) is 5.69 Å². The summed E-state index contributed by atoms with van der Waals surface area (Å²) < 4.78 is 5.52. The Bertz CT molecular complexity index is 435. The molecule has 0 heterocycles. The molecule has 1 amide bonds. The molecule has 0 radical (unpaired) electrons. The van der Waals surface area contributed by atoms with Crippen LogP contribution in [0.25, 0.3) is 0 Å². The molecule has 0 saturated heterocycles. The minimum absolute atomic E-state index is 0.0560. The van der Waals surface area contributed by atoms with E-state index in [1.807, 2.05) is 20.8 Å². The van der Waals surface area contributed by atoms with E-state index < -0.39 is 0 Å². The first-order chi connectivity index (χ1) is 8.92. The molecule has 0 aliphatic heterocycles. The minimum atomic E-state index is -0.112. The van der Waals surface area contributed by atoms with Gasteiger partial charge in [0.15, 0.2) is 0 Å². The molecule has 106 valence electrons. The van der Waals surface area contributed by atoms with Gasteiger partial charge in [0.05, 0.1) is 11.1 Å². The fourth-order valence-electron chi connectivity index (χ4n) is 1.52. The van der Waals surface area contributed by atoms with Crippen molar-refractivity contribution in [3.63, 3.8) is 0 Å². The summed E-state index contributed by atoms with van der Waals surface area (Å²) in [6.07, 6.45) is 1.13. The summed E-state index contributed by atoms with van der Waals surface area (Å²) in [4.78, 5) is 11.7. The summed E-state index contributed by atoms with van der Waals surface area (Å²) in [5, 5.41) is 3.25. The highest BCUT2D eigenvalue weighted by molar-refractivity contribution is 6.32. The van der Waals surface area contributed by atoms with Crippen molar-refractivity contribution < 1.29 is 9.53 Å². The first kappa shape index (κ1) is 15.8. The number of carbonyl (C=O) groups is 1. The summed E-state index contributed by atoms with van der Waals surface area (Å²) in [7, 11) is 0. The van der Waals surface area contributed by atoms with Crippen molar-refractivity contribution >= 4 is 23.2 Å². The monoisotopic (exact) mass is 284 g/mol. The molecule has 0 bridgehead atoms. The lowest BCUT2D eigenvalue weighted by Gasteiger charge is -2.13. The van der Waals surface area contributed by atoms with Crippen molar-refractivity contribution in [3.8, 4) is 5.75 Å². The average molecular weight is 285 g/mol. The molecule has 1 aromatic carbocycles. The largest absolute Gasteiger partial charge is 0.489 e. The third kappa shape index (κ3) is 5.49. The van der Waals surface area contributed by atoms with E-state index in [1.165, 1.54) is 0 Å². The molecule has 0 fully saturated rings. The maximum Gasteiger partial charge on any atom is 0.225 e. The Morgan fingerprint density at radius 1 is 1.47 bits per heavy atom. The molecule has 5 heteroatoms. The number of nitrogens with one attached hydrogen (secondary N) is 1. The summed E-state index contributed by atoms with van der Waals surface area (Å²) in [5.41, 5.74) is 6.38. The lowest BCUT2D eigenvalue weighted by atomic mass is 10.1. The van der Waals surface area contributed by atoms with E-state index in [0.29, 0.717) is 22.9 Å². The number of hydrogen-bond acceptors (Lipinski definition) is 3. The second kappa shape index (κ2) is 7.36. The van der Waals surface area contributed by atoms with E-state index in [1.54, 1.807) is 18.2 Å². The zero-order valence-electron chi connectivity index (χ0n) is 11.6. The Hall–Kier alpha value is -1.26. The summed E-state index contributed by atoms with van der Waals surface area (Å²) in [6.45, 7) is 5.81. The summed E-state index contributed by atoms with van der Waals surface area (Å²) in [5.74, 6) is 0.503. The quantitative estimate of drug-likeness (QED) is 0.843. The molecule has 19 heavy (non-hydrogen) atoms. The van der Waals surface area contributed by atoms with Crippen molar-refractivity contribution in [2.45, 2.75) is 45.8 Å². The molecular formula is C14H21ClN2O2. The maximum atomic E-state index is 11.7. The average Bonchev–Trinajstić information content (AvgIpc) is 2.32. The van der Waals surface area contributed by atoms with E-state index in [9.17, 15) is 4.79 Å². The van der Waals surface area contributed by atoms with Crippen LogP contribution in [0.2, 0.25) is 5.02 Å². The van der Waals surface area contributed by atoms with E-state index in [0.717, 1.165) is 6.42 Å². The summed E-state index contributed by atoms with van der Waals surface area (Å²) in [6, 6.07) is 5.07. The number of halogens is 1. The highest BCUT2D eigenvalue weighted by Crippen LogP contribution is 2.28. The molecule has 1 unspecified atom stereocenters. The standard InChI is InChI=1S/C14H21ClN2O2/c1-4-10(16)7-14(18)17-11-5-6-13(12(15)8-11)19-9(2)3/h5-6,8-10H,4,7,16H2,1-3H3,(H,17,18). The van der Waals surface area contributed by atoms with Crippen LogP contribution in [0.1, 0.15) is 33.6 Å². The number of carbonyl (C=O) groups excluding carboxylic acids is 1. The van der Waals surface area contributed by atoms with Gasteiger partial charge in [-0.3, -0.25) is 4.79 Å². The van der Waals surface area contributed by atoms with Gasteiger partial charge in [0, 0.05) is 18.2 Å². The van der Waals surface area contributed by atoms with Crippen LogP contribution in [-0.2, 0) is 4.79 Å². The molecule has 0 saturated carbocycles. The second-order valence-electron chi connectivity index (χ2n) is 4.73. The molecule has 4 nitrogen and oxygen atoms in total. The molecule has 0 aromatic heterocycles. The van der Waals surface area contributed by atoms with Crippen molar-refractivity contribution in [1.82, 2.24) is 0 Å². The van der Waals surface area contributed by atoms with Crippen LogP contribution in [0, 0.1) is 0 Å². The van der Waals surface area contributed by atoms with Crippen LogP contribution in [0.3, 0.4) is 0 Å². The molecule has 1 atom stereocenters. The zero-order chi connectivity index (χ0) is 14.4. The fourth-order valence-corrected chi connectivity index (χ4v) is 1.75. The van der Waals surface area contributed by atoms with Gasteiger partial charge in [-0.15, -0.1) is 0 Å². The molecule has 1 rings (SSSR count). The van der Waals surface area contributed by atoms with Gasteiger partial charge in [0.1, 0.15) is 5.75 Å². The number of benzene rings is 1. The topological polar surface area (TPSA) is 64.4 Å². The van der Waals surface area contributed by atoms with Crippen molar-refractivity contribution in [2.75, 3.05) is 5.32 Å². The first-order valence-electron chi connectivity index (χ1n) is 6.44. The van der Waals surface area contributed by atoms with Gasteiger partial charge in [-0.05, 0) is 38.5 Å². The number of amides is 1. The van der Waals surface area contributed by atoms with Crippen molar-refractivity contribution in [1.29, 1.82) is 0 Å². The van der Waals surface area contributed by atoms with Crippen molar-refractivity contribution in [3.05, 3.63) is 23.2 Å². The summed E-state index contributed by atoms with van der Waals surface area (Å²) >= 11 is 6.09. The molecule has 0 aliphatic rings. The van der Waals surface area contributed by atoms with Gasteiger partial charge in [-0.2, -0.15) is 0 Å². The number of ether oxygens (including phenoxy) is 1. The number of hydrogen-bond donors (Lipinski definition) is 2. The second-order valence-corrected chi connectivity index (χ2v) is 5.14. The van der Waals surface area contributed by atoms with Crippen LogP contribution >= 0.6 is 11.6 Å². The normalized spacial score (nSPS) is 12.3. The lowest BCUT2D eigenvalue weighted by Crippen LogP contribution is -2.26. The molecular weight excluding hydrogens is 264 g/mol. The Balaban J connectivity index is 2.65. The Morgan fingerprint density at radius 3 is 2.68 bits per heavy atom. The molecule has 3 N–H and O–H groups in total. The predicted molar refractivity (Wildman–Crippen MR) is 78.7 cm³/mol. The van der Waals surface area contributed by atoms with Crippen LogP contribution in [0.5, 0.6) is 5.75 Å². The molecule has 0 spiro atoms. The van der Waals surface area contributed by atoms with Crippen molar-refractivity contribution in [2.24, 2.45) is 5.73 Å². The van der Waals surface area contributed by atoms with E-state index >= 15 is 0 Å². The van der Waals surface area contributed by atoms with E-state index in [4.69, 9.17) is 22.1 Å². The number of rotatable bonds is 6. The van der Waals surface area contributed by atoms with Crippen LogP contribution in [0.15, 0.2) is 18.2 Å². The lowest BCUT2D eigenvalue weighted by molar-refractivity contribution is -0.116. The van der Waals surface area contributed by atoms with E-state index in [-0.39, 0.29) is 18.1 Å². The van der Waals surface area contributed by atoms with Gasteiger partial charge < -0.3 is 15.8 Å².